The number of hydrogen-bond donors (Lipinski definition) is 1. The minimum atomic E-state index is -0.312. The first kappa shape index (κ1) is 17.3. The highest BCUT2D eigenvalue weighted by molar-refractivity contribution is 5.89. The Labute approximate surface area is 138 Å². The SMILES string of the molecule is CCOC(=O)c1ccc(NCCC(=O)N2CCCC(C)C2)cc1. The zero-order valence-electron chi connectivity index (χ0n) is 14.0. The van der Waals surface area contributed by atoms with Crippen molar-refractivity contribution in [1.82, 2.24) is 4.90 Å². The van der Waals surface area contributed by atoms with Gasteiger partial charge in [0.1, 0.15) is 0 Å². The smallest absolute Gasteiger partial charge is 0.338 e. The van der Waals surface area contributed by atoms with Gasteiger partial charge in [0.2, 0.25) is 5.91 Å². The Balaban J connectivity index is 1.75. The normalized spacial score (nSPS) is 17.7. The summed E-state index contributed by atoms with van der Waals surface area (Å²) in [5.41, 5.74) is 1.44. The van der Waals surface area contributed by atoms with E-state index in [1.807, 2.05) is 17.0 Å². The molecule has 1 atom stereocenters. The summed E-state index contributed by atoms with van der Waals surface area (Å²) in [4.78, 5) is 25.7. The molecule has 5 heteroatoms. The van der Waals surface area contributed by atoms with Gasteiger partial charge < -0.3 is 15.0 Å². The van der Waals surface area contributed by atoms with Gasteiger partial charge in [-0.1, -0.05) is 6.92 Å². The quantitative estimate of drug-likeness (QED) is 0.819. The van der Waals surface area contributed by atoms with Gasteiger partial charge in [-0.05, 0) is 49.9 Å². The van der Waals surface area contributed by atoms with Crippen LogP contribution in [0.2, 0.25) is 0 Å². The number of ether oxygens (including phenoxy) is 1. The third-order valence-electron chi connectivity index (χ3n) is 4.07. The lowest BCUT2D eigenvalue weighted by atomic mass is 10.00. The molecule has 1 aromatic rings. The van der Waals surface area contributed by atoms with Crippen molar-refractivity contribution in [2.24, 2.45) is 5.92 Å². The van der Waals surface area contributed by atoms with E-state index in [9.17, 15) is 9.59 Å². The summed E-state index contributed by atoms with van der Waals surface area (Å²) in [7, 11) is 0. The second-order valence-electron chi connectivity index (χ2n) is 6.06. The summed E-state index contributed by atoms with van der Waals surface area (Å²) in [6.45, 7) is 6.72. The standard InChI is InChI=1S/C18H26N2O3/c1-3-23-18(22)15-6-8-16(9-7-15)19-11-10-17(21)20-12-4-5-14(2)13-20/h6-9,14,19H,3-5,10-13H2,1-2H3. The average molecular weight is 318 g/mol. The molecule has 2 rings (SSSR count). The minimum Gasteiger partial charge on any atom is -0.462 e. The van der Waals surface area contributed by atoms with Crippen LogP contribution >= 0.6 is 0 Å². The van der Waals surface area contributed by atoms with Gasteiger partial charge in [-0.3, -0.25) is 4.79 Å². The Kier molecular flexibility index (Phi) is 6.44. The molecule has 126 valence electrons. The summed E-state index contributed by atoms with van der Waals surface area (Å²) in [6, 6.07) is 7.13. The molecule has 1 unspecified atom stereocenters. The lowest BCUT2D eigenvalue weighted by Crippen LogP contribution is -2.39. The highest BCUT2D eigenvalue weighted by Crippen LogP contribution is 2.16. The van der Waals surface area contributed by atoms with Gasteiger partial charge >= 0.3 is 5.97 Å². The molecule has 0 radical (unpaired) electrons. The fourth-order valence-corrected chi connectivity index (χ4v) is 2.83. The van der Waals surface area contributed by atoms with Gasteiger partial charge in [-0.15, -0.1) is 0 Å². The van der Waals surface area contributed by atoms with Crippen LogP contribution in [0.1, 0.15) is 43.5 Å². The van der Waals surface area contributed by atoms with E-state index in [-0.39, 0.29) is 11.9 Å². The van der Waals surface area contributed by atoms with Crippen LogP contribution in [0.15, 0.2) is 24.3 Å². The maximum absolute atomic E-state index is 12.2. The Morgan fingerprint density at radius 1 is 1.30 bits per heavy atom. The summed E-state index contributed by atoms with van der Waals surface area (Å²) < 4.78 is 4.95. The van der Waals surface area contributed by atoms with E-state index < -0.39 is 0 Å². The van der Waals surface area contributed by atoms with Crippen molar-refractivity contribution < 1.29 is 14.3 Å². The molecule has 1 fully saturated rings. The number of likely N-dealkylation sites (tertiary alicyclic amines) is 1. The molecule has 5 nitrogen and oxygen atoms in total. The van der Waals surface area contributed by atoms with E-state index in [0.717, 1.165) is 25.2 Å². The molecule has 1 aliphatic heterocycles. The highest BCUT2D eigenvalue weighted by atomic mass is 16.5. The third-order valence-corrected chi connectivity index (χ3v) is 4.07. The van der Waals surface area contributed by atoms with Gasteiger partial charge in [-0.2, -0.15) is 0 Å². The van der Waals surface area contributed by atoms with E-state index >= 15 is 0 Å². The molecule has 0 saturated carbocycles. The molecule has 1 saturated heterocycles. The van der Waals surface area contributed by atoms with Crippen LogP contribution in [0.3, 0.4) is 0 Å². The van der Waals surface area contributed by atoms with Crippen LogP contribution in [0.5, 0.6) is 0 Å². The number of benzene rings is 1. The van der Waals surface area contributed by atoms with Crippen molar-refractivity contribution >= 4 is 17.6 Å². The van der Waals surface area contributed by atoms with Crippen molar-refractivity contribution in [2.45, 2.75) is 33.1 Å². The Bertz CT molecular complexity index is 528. The molecule has 0 spiro atoms. The highest BCUT2D eigenvalue weighted by Gasteiger charge is 2.20. The molecule has 0 aromatic heterocycles. The van der Waals surface area contributed by atoms with E-state index in [2.05, 4.69) is 12.2 Å². The fraction of sp³-hybridized carbons (Fsp3) is 0.556. The van der Waals surface area contributed by atoms with Gasteiger partial charge in [0, 0.05) is 31.7 Å². The predicted octanol–water partition coefficient (Wildman–Crippen LogP) is 2.92. The fourth-order valence-electron chi connectivity index (χ4n) is 2.83. The van der Waals surface area contributed by atoms with E-state index in [0.29, 0.717) is 31.1 Å². The van der Waals surface area contributed by atoms with Crippen molar-refractivity contribution in [3.8, 4) is 0 Å². The molecule has 1 N–H and O–H groups in total. The number of piperidine rings is 1. The van der Waals surface area contributed by atoms with Crippen LogP contribution in [-0.2, 0) is 9.53 Å². The number of esters is 1. The molecule has 0 bridgehead atoms. The number of carbonyl (C=O) groups is 2. The molecular formula is C18H26N2O3. The zero-order valence-corrected chi connectivity index (χ0v) is 14.0. The van der Waals surface area contributed by atoms with Gasteiger partial charge in [0.25, 0.3) is 0 Å². The monoisotopic (exact) mass is 318 g/mol. The maximum atomic E-state index is 12.2. The van der Waals surface area contributed by atoms with Crippen LogP contribution in [0.4, 0.5) is 5.69 Å². The van der Waals surface area contributed by atoms with Crippen molar-refractivity contribution in [3.63, 3.8) is 0 Å². The van der Waals surface area contributed by atoms with E-state index in [1.165, 1.54) is 6.42 Å². The number of anilines is 1. The van der Waals surface area contributed by atoms with Crippen LogP contribution in [-0.4, -0.2) is 43.0 Å². The molecule has 1 aliphatic rings. The lowest BCUT2D eigenvalue weighted by molar-refractivity contribution is -0.132. The first-order chi connectivity index (χ1) is 11.1. The zero-order chi connectivity index (χ0) is 16.7. The number of nitrogens with one attached hydrogen (secondary N) is 1. The average Bonchev–Trinajstić information content (AvgIpc) is 2.55. The topological polar surface area (TPSA) is 58.6 Å². The molecule has 1 heterocycles. The summed E-state index contributed by atoms with van der Waals surface area (Å²) in [5.74, 6) is 0.511. The van der Waals surface area contributed by atoms with Crippen LogP contribution in [0, 0.1) is 5.92 Å². The number of nitrogens with zero attached hydrogens (tertiary/aromatic N) is 1. The van der Waals surface area contributed by atoms with Crippen molar-refractivity contribution in [2.75, 3.05) is 31.6 Å². The van der Waals surface area contributed by atoms with Crippen molar-refractivity contribution in [3.05, 3.63) is 29.8 Å². The second-order valence-corrected chi connectivity index (χ2v) is 6.06. The lowest BCUT2D eigenvalue weighted by Gasteiger charge is -2.31. The molecule has 1 amide bonds. The number of amides is 1. The molecule has 0 aliphatic carbocycles. The van der Waals surface area contributed by atoms with Gasteiger partial charge in [-0.25, -0.2) is 4.79 Å². The first-order valence-corrected chi connectivity index (χ1v) is 8.39. The summed E-state index contributed by atoms with van der Waals surface area (Å²) in [6.07, 6.45) is 2.82. The van der Waals surface area contributed by atoms with Crippen LogP contribution in [0.25, 0.3) is 0 Å². The summed E-state index contributed by atoms with van der Waals surface area (Å²) in [5, 5.41) is 3.22. The molecular weight excluding hydrogens is 292 g/mol. The number of rotatable bonds is 6. The second kappa shape index (κ2) is 8.56. The predicted molar refractivity (Wildman–Crippen MR) is 90.5 cm³/mol. The first-order valence-electron chi connectivity index (χ1n) is 8.39. The van der Waals surface area contributed by atoms with Crippen LogP contribution < -0.4 is 5.32 Å². The van der Waals surface area contributed by atoms with E-state index in [1.54, 1.807) is 19.1 Å². The van der Waals surface area contributed by atoms with Gasteiger partial charge in [0.15, 0.2) is 0 Å². The maximum Gasteiger partial charge on any atom is 0.338 e. The molecule has 1 aromatic carbocycles. The largest absolute Gasteiger partial charge is 0.462 e. The van der Waals surface area contributed by atoms with Gasteiger partial charge in [0.05, 0.1) is 12.2 Å². The Morgan fingerprint density at radius 2 is 2.04 bits per heavy atom. The van der Waals surface area contributed by atoms with Crippen molar-refractivity contribution in [1.29, 1.82) is 0 Å². The minimum absolute atomic E-state index is 0.215. The Morgan fingerprint density at radius 3 is 2.70 bits per heavy atom. The summed E-state index contributed by atoms with van der Waals surface area (Å²) >= 11 is 0. The third kappa shape index (κ3) is 5.27. The number of hydrogen-bond acceptors (Lipinski definition) is 4. The van der Waals surface area contributed by atoms with E-state index in [4.69, 9.17) is 4.74 Å². The Hall–Kier alpha value is -2.04. The number of carbonyl (C=O) groups excluding carboxylic acids is 2. The molecule has 23 heavy (non-hydrogen) atoms.